The van der Waals surface area contributed by atoms with Crippen molar-refractivity contribution in [2.24, 2.45) is 0 Å². The minimum Gasteiger partial charge on any atom is -0.496 e. The second kappa shape index (κ2) is 14.3. The number of amides is 2. The molecule has 0 spiro atoms. The standard InChI is InChI=1S/C33H35F4N3O4/c1-4-5-6-7-8-15-39-31(41)25-16-21(11-14-27(25)43-3)23-17-24-28(18-26(23)40-19-33(35,36)37)44-30(29(24)32(42)38-2)20-9-12-22(34)13-10-20/h9-14,16-18,40H,4-8,15,19H2,1-3H3,(H,38,42)(H,39,41). The highest BCUT2D eigenvalue weighted by atomic mass is 19.4. The Hall–Kier alpha value is -4.54. The van der Waals surface area contributed by atoms with E-state index >= 15 is 0 Å². The molecular formula is C33H35F4N3O4. The number of carbonyl (C=O) groups excluding carboxylic acids is 2. The molecule has 0 fully saturated rings. The van der Waals surface area contributed by atoms with E-state index in [1.165, 1.54) is 44.5 Å². The van der Waals surface area contributed by atoms with E-state index in [4.69, 9.17) is 9.15 Å². The number of hydrogen-bond acceptors (Lipinski definition) is 5. The monoisotopic (exact) mass is 613 g/mol. The summed E-state index contributed by atoms with van der Waals surface area (Å²) in [6, 6.07) is 13.0. The fraction of sp³-hybridized carbons (Fsp3) is 0.333. The first-order chi connectivity index (χ1) is 21.1. The van der Waals surface area contributed by atoms with Gasteiger partial charge in [0.1, 0.15) is 29.5 Å². The van der Waals surface area contributed by atoms with Gasteiger partial charge >= 0.3 is 6.18 Å². The SMILES string of the molecule is CCCCCCCNC(=O)c1cc(-c2cc3c(C(=O)NC)c(-c4ccc(F)cc4)oc3cc2NCC(F)(F)F)ccc1OC. The van der Waals surface area contributed by atoms with E-state index in [-0.39, 0.29) is 34.1 Å². The highest BCUT2D eigenvalue weighted by Gasteiger charge is 2.29. The molecule has 11 heteroatoms. The molecule has 4 rings (SSSR count). The molecule has 0 aliphatic heterocycles. The van der Waals surface area contributed by atoms with Crippen LogP contribution in [0.15, 0.2) is 59.0 Å². The maximum absolute atomic E-state index is 13.6. The highest BCUT2D eigenvalue weighted by molar-refractivity contribution is 6.13. The summed E-state index contributed by atoms with van der Waals surface area (Å²) in [5.74, 6) is -0.928. The Kier molecular flexibility index (Phi) is 10.5. The highest BCUT2D eigenvalue weighted by Crippen LogP contribution is 2.41. The Morgan fingerprint density at radius 3 is 2.27 bits per heavy atom. The van der Waals surface area contributed by atoms with Gasteiger partial charge in [0.05, 0.1) is 18.2 Å². The van der Waals surface area contributed by atoms with E-state index in [2.05, 4.69) is 22.9 Å². The number of nitrogens with one attached hydrogen (secondary N) is 3. The zero-order valence-corrected chi connectivity index (χ0v) is 24.8. The third-order valence-corrected chi connectivity index (χ3v) is 7.19. The summed E-state index contributed by atoms with van der Waals surface area (Å²) in [6.07, 6.45) is 0.592. The number of furan rings is 1. The molecular weight excluding hydrogens is 578 g/mol. The van der Waals surface area contributed by atoms with Crippen molar-refractivity contribution in [3.63, 3.8) is 0 Å². The van der Waals surface area contributed by atoms with Crippen LogP contribution >= 0.6 is 0 Å². The molecule has 44 heavy (non-hydrogen) atoms. The Bertz CT molecular complexity index is 1610. The van der Waals surface area contributed by atoms with Gasteiger partial charge in [-0.15, -0.1) is 0 Å². The van der Waals surface area contributed by atoms with Crippen molar-refractivity contribution in [1.82, 2.24) is 10.6 Å². The maximum atomic E-state index is 13.6. The average Bonchev–Trinajstić information content (AvgIpc) is 3.38. The number of ether oxygens (including phenoxy) is 1. The van der Waals surface area contributed by atoms with E-state index in [0.29, 0.717) is 34.4 Å². The molecule has 0 saturated carbocycles. The topological polar surface area (TPSA) is 92.6 Å². The Labute approximate surface area is 253 Å². The number of hydrogen-bond donors (Lipinski definition) is 3. The second-order valence-electron chi connectivity index (χ2n) is 10.3. The normalized spacial score (nSPS) is 11.4. The van der Waals surface area contributed by atoms with Crippen molar-refractivity contribution >= 4 is 28.5 Å². The summed E-state index contributed by atoms with van der Waals surface area (Å²) in [6.45, 7) is 1.26. The maximum Gasteiger partial charge on any atom is 0.405 e. The number of carbonyl (C=O) groups is 2. The van der Waals surface area contributed by atoms with Crippen molar-refractivity contribution in [3.8, 4) is 28.2 Å². The van der Waals surface area contributed by atoms with Crippen molar-refractivity contribution in [1.29, 1.82) is 0 Å². The second-order valence-corrected chi connectivity index (χ2v) is 10.3. The summed E-state index contributed by atoms with van der Waals surface area (Å²) in [7, 11) is 2.87. The van der Waals surface area contributed by atoms with Gasteiger partial charge in [0.25, 0.3) is 11.8 Å². The quantitative estimate of drug-likeness (QED) is 0.105. The molecule has 0 saturated heterocycles. The zero-order valence-electron chi connectivity index (χ0n) is 24.8. The fourth-order valence-corrected chi connectivity index (χ4v) is 4.96. The van der Waals surface area contributed by atoms with Crippen LogP contribution in [0.25, 0.3) is 33.4 Å². The van der Waals surface area contributed by atoms with Gasteiger partial charge in [-0.05, 0) is 54.4 Å². The van der Waals surface area contributed by atoms with Gasteiger partial charge in [-0.3, -0.25) is 9.59 Å². The van der Waals surface area contributed by atoms with E-state index in [0.717, 1.165) is 32.1 Å². The van der Waals surface area contributed by atoms with Gasteiger partial charge in [0.2, 0.25) is 0 Å². The molecule has 3 N–H and O–H groups in total. The van der Waals surface area contributed by atoms with Crippen molar-refractivity contribution in [2.45, 2.75) is 45.2 Å². The number of anilines is 1. The smallest absolute Gasteiger partial charge is 0.405 e. The van der Waals surface area contributed by atoms with E-state index < -0.39 is 24.4 Å². The van der Waals surface area contributed by atoms with Gasteiger partial charge in [-0.1, -0.05) is 38.7 Å². The van der Waals surface area contributed by atoms with Crippen LogP contribution in [0, 0.1) is 5.82 Å². The molecule has 0 radical (unpaired) electrons. The van der Waals surface area contributed by atoms with E-state index in [9.17, 15) is 27.2 Å². The first-order valence-corrected chi connectivity index (χ1v) is 14.4. The summed E-state index contributed by atoms with van der Waals surface area (Å²) in [4.78, 5) is 26.2. The minimum absolute atomic E-state index is 0.0742. The third-order valence-electron chi connectivity index (χ3n) is 7.19. The molecule has 1 aromatic heterocycles. The third kappa shape index (κ3) is 7.69. The largest absolute Gasteiger partial charge is 0.496 e. The lowest BCUT2D eigenvalue weighted by atomic mass is 9.96. The molecule has 3 aromatic carbocycles. The molecule has 234 valence electrons. The van der Waals surface area contributed by atoms with Gasteiger partial charge < -0.3 is 25.1 Å². The van der Waals surface area contributed by atoms with Gasteiger partial charge in [0, 0.05) is 41.9 Å². The van der Waals surface area contributed by atoms with Crippen LogP contribution in [0.2, 0.25) is 0 Å². The summed E-state index contributed by atoms with van der Waals surface area (Å²) >= 11 is 0. The van der Waals surface area contributed by atoms with E-state index in [1.807, 2.05) is 0 Å². The first kappa shape index (κ1) is 32.4. The van der Waals surface area contributed by atoms with Crippen LogP contribution in [0.5, 0.6) is 5.75 Å². The lowest BCUT2D eigenvalue weighted by Crippen LogP contribution is -2.25. The molecule has 7 nitrogen and oxygen atoms in total. The number of methoxy groups -OCH3 is 1. The fourth-order valence-electron chi connectivity index (χ4n) is 4.96. The molecule has 0 bridgehead atoms. The first-order valence-electron chi connectivity index (χ1n) is 14.4. The van der Waals surface area contributed by atoms with Crippen LogP contribution in [0.3, 0.4) is 0 Å². The lowest BCUT2D eigenvalue weighted by molar-refractivity contribution is -0.115. The van der Waals surface area contributed by atoms with Crippen molar-refractivity contribution in [2.75, 3.05) is 32.6 Å². The number of benzene rings is 3. The van der Waals surface area contributed by atoms with Crippen LogP contribution in [0.1, 0.15) is 59.7 Å². The molecule has 0 aliphatic rings. The van der Waals surface area contributed by atoms with Crippen molar-refractivity contribution < 1.29 is 36.3 Å². The minimum atomic E-state index is -4.52. The molecule has 0 unspecified atom stereocenters. The van der Waals surface area contributed by atoms with Crippen LogP contribution in [0.4, 0.5) is 23.2 Å². The van der Waals surface area contributed by atoms with Crippen LogP contribution in [-0.2, 0) is 0 Å². The Morgan fingerprint density at radius 1 is 0.909 bits per heavy atom. The number of rotatable bonds is 13. The average molecular weight is 614 g/mol. The van der Waals surface area contributed by atoms with Gasteiger partial charge in [0.15, 0.2) is 0 Å². The predicted molar refractivity (Wildman–Crippen MR) is 163 cm³/mol. The summed E-state index contributed by atoms with van der Waals surface area (Å²) in [5, 5.41) is 8.22. The van der Waals surface area contributed by atoms with Crippen molar-refractivity contribution in [3.05, 3.63) is 71.5 Å². The number of halogens is 4. The molecule has 4 aromatic rings. The molecule has 0 atom stereocenters. The summed E-state index contributed by atoms with van der Waals surface area (Å²) in [5.41, 5.74) is 1.69. The van der Waals surface area contributed by atoms with Gasteiger partial charge in [-0.25, -0.2) is 4.39 Å². The van der Waals surface area contributed by atoms with Crippen LogP contribution in [-0.4, -0.2) is 45.2 Å². The van der Waals surface area contributed by atoms with Crippen LogP contribution < -0.4 is 20.7 Å². The Balaban J connectivity index is 1.82. The number of alkyl halides is 3. The van der Waals surface area contributed by atoms with Gasteiger partial charge in [-0.2, -0.15) is 13.2 Å². The zero-order chi connectivity index (χ0) is 31.9. The molecule has 0 aliphatic carbocycles. The number of fused-ring (bicyclic) bond motifs is 1. The predicted octanol–water partition coefficient (Wildman–Crippen LogP) is 7.95. The van der Waals surface area contributed by atoms with E-state index in [1.54, 1.807) is 24.3 Å². The summed E-state index contributed by atoms with van der Waals surface area (Å²) < 4.78 is 65.0. The Morgan fingerprint density at radius 2 is 1.61 bits per heavy atom. The molecule has 1 heterocycles. The number of unbranched alkanes of at least 4 members (excludes halogenated alkanes) is 4. The molecule has 2 amide bonds. The lowest BCUT2D eigenvalue weighted by Gasteiger charge is -2.16.